The molecule has 5 nitrogen and oxygen atoms in total. The number of benzene rings is 1. The highest BCUT2D eigenvalue weighted by Gasteiger charge is 2.20. The number of hydrogen-bond acceptors (Lipinski definition) is 4. The summed E-state index contributed by atoms with van der Waals surface area (Å²) in [5.41, 5.74) is 0.461. The molecule has 1 fully saturated rings. The van der Waals surface area contributed by atoms with E-state index in [1.54, 1.807) is 0 Å². The van der Waals surface area contributed by atoms with Gasteiger partial charge >= 0.3 is 0 Å². The first-order valence-corrected chi connectivity index (χ1v) is 8.60. The van der Waals surface area contributed by atoms with Crippen LogP contribution in [0.4, 0.5) is 4.39 Å². The van der Waals surface area contributed by atoms with Crippen molar-refractivity contribution >= 4 is 15.7 Å². The van der Waals surface area contributed by atoms with E-state index < -0.39 is 27.3 Å². The van der Waals surface area contributed by atoms with Gasteiger partial charge in [0.2, 0.25) is 5.91 Å². The molecule has 1 amide bonds. The minimum Gasteiger partial charge on any atom is -0.376 e. The molecule has 0 unspecified atom stereocenters. The van der Waals surface area contributed by atoms with Crippen molar-refractivity contribution in [3.63, 3.8) is 0 Å². The predicted molar refractivity (Wildman–Crippen MR) is 75.9 cm³/mol. The number of sulfone groups is 1. The second-order valence-electron chi connectivity index (χ2n) is 5.10. The van der Waals surface area contributed by atoms with Gasteiger partial charge in [-0.3, -0.25) is 4.79 Å². The zero-order valence-electron chi connectivity index (χ0n) is 11.5. The number of rotatable bonds is 6. The van der Waals surface area contributed by atoms with E-state index >= 15 is 0 Å². The Morgan fingerprint density at radius 3 is 2.67 bits per heavy atom. The first-order chi connectivity index (χ1) is 9.94. The zero-order valence-corrected chi connectivity index (χ0v) is 12.4. The fourth-order valence-electron chi connectivity index (χ4n) is 2.17. The molecule has 21 heavy (non-hydrogen) atoms. The molecule has 1 heterocycles. The highest BCUT2D eigenvalue weighted by Crippen LogP contribution is 2.11. The summed E-state index contributed by atoms with van der Waals surface area (Å²) in [6.07, 6.45) is 1.82. The van der Waals surface area contributed by atoms with Crippen molar-refractivity contribution in [2.24, 2.45) is 0 Å². The molecule has 0 saturated carbocycles. The van der Waals surface area contributed by atoms with Gasteiger partial charge in [0.05, 0.1) is 11.9 Å². The monoisotopic (exact) mass is 315 g/mol. The standard InChI is InChI=1S/C14H18FNO4S/c15-12-5-3-11(4-6-12)9-21(18,19)10-14(17)16-8-13-2-1-7-20-13/h3-6,13H,1-2,7-10H2,(H,16,17)/t13-/m1/s1. The number of ether oxygens (including phenoxy) is 1. The molecule has 1 atom stereocenters. The fraction of sp³-hybridized carbons (Fsp3) is 0.500. The Morgan fingerprint density at radius 1 is 1.33 bits per heavy atom. The van der Waals surface area contributed by atoms with Gasteiger partial charge in [-0.1, -0.05) is 12.1 Å². The van der Waals surface area contributed by atoms with Gasteiger partial charge in [-0.15, -0.1) is 0 Å². The third kappa shape index (κ3) is 5.43. The Bertz CT molecular complexity index is 579. The van der Waals surface area contributed by atoms with Crippen LogP contribution in [0, 0.1) is 5.82 Å². The summed E-state index contributed by atoms with van der Waals surface area (Å²) in [6.45, 7) is 1.02. The summed E-state index contributed by atoms with van der Waals surface area (Å²) in [7, 11) is -3.57. The summed E-state index contributed by atoms with van der Waals surface area (Å²) in [6, 6.07) is 5.19. The molecule has 1 aromatic rings. The largest absolute Gasteiger partial charge is 0.376 e. The van der Waals surface area contributed by atoms with Crippen LogP contribution in [0.3, 0.4) is 0 Å². The molecule has 0 aromatic heterocycles. The van der Waals surface area contributed by atoms with E-state index in [2.05, 4.69) is 5.32 Å². The average Bonchev–Trinajstić information content (AvgIpc) is 2.91. The van der Waals surface area contributed by atoms with Crippen LogP contribution in [0.15, 0.2) is 24.3 Å². The van der Waals surface area contributed by atoms with Gasteiger partial charge in [0.1, 0.15) is 11.6 Å². The maximum absolute atomic E-state index is 12.8. The Hall–Kier alpha value is -1.47. The van der Waals surface area contributed by atoms with Gasteiger partial charge in [-0.25, -0.2) is 12.8 Å². The number of carbonyl (C=O) groups is 1. The number of hydrogen-bond donors (Lipinski definition) is 1. The summed E-state index contributed by atoms with van der Waals surface area (Å²) in [5, 5.41) is 2.57. The smallest absolute Gasteiger partial charge is 0.235 e. The van der Waals surface area contributed by atoms with E-state index in [1.807, 2.05) is 0 Å². The summed E-state index contributed by atoms with van der Waals surface area (Å²) in [4.78, 5) is 11.7. The van der Waals surface area contributed by atoms with Crippen LogP contribution in [0.5, 0.6) is 0 Å². The molecule has 116 valence electrons. The van der Waals surface area contributed by atoms with Crippen LogP contribution in [0.2, 0.25) is 0 Å². The van der Waals surface area contributed by atoms with Crippen molar-refractivity contribution in [1.82, 2.24) is 5.32 Å². The van der Waals surface area contributed by atoms with E-state index in [0.29, 0.717) is 18.7 Å². The van der Waals surface area contributed by atoms with Gasteiger partial charge < -0.3 is 10.1 Å². The summed E-state index contributed by atoms with van der Waals surface area (Å²) < 4.78 is 41.9. The van der Waals surface area contributed by atoms with Crippen LogP contribution in [-0.4, -0.2) is 39.3 Å². The van der Waals surface area contributed by atoms with Crippen molar-refractivity contribution in [2.45, 2.75) is 24.7 Å². The van der Waals surface area contributed by atoms with E-state index in [9.17, 15) is 17.6 Å². The quantitative estimate of drug-likeness (QED) is 0.851. The lowest BCUT2D eigenvalue weighted by Crippen LogP contribution is -2.36. The Kier molecular flexibility index (Phi) is 5.30. The van der Waals surface area contributed by atoms with Crippen molar-refractivity contribution < 1.29 is 22.3 Å². The molecule has 0 aliphatic carbocycles. The molecular formula is C14H18FNO4S. The maximum atomic E-state index is 12.8. The summed E-state index contributed by atoms with van der Waals surface area (Å²) in [5.74, 6) is -1.81. The number of amides is 1. The fourth-order valence-corrected chi connectivity index (χ4v) is 3.47. The lowest BCUT2D eigenvalue weighted by atomic mass is 10.2. The molecule has 0 radical (unpaired) electrons. The van der Waals surface area contributed by atoms with Crippen LogP contribution in [0.25, 0.3) is 0 Å². The van der Waals surface area contributed by atoms with Crippen LogP contribution < -0.4 is 5.32 Å². The normalized spacial score (nSPS) is 18.6. The maximum Gasteiger partial charge on any atom is 0.235 e. The molecule has 7 heteroatoms. The second-order valence-corrected chi connectivity index (χ2v) is 7.16. The lowest BCUT2D eigenvalue weighted by molar-refractivity contribution is -0.119. The van der Waals surface area contributed by atoms with Crippen LogP contribution in [-0.2, 0) is 25.1 Å². The number of halogens is 1. The molecule has 1 N–H and O–H groups in total. The van der Waals surface area contributed by atoms with Gasteiger partial charge in [0.15, 0.2) is 9.84 Å². The van der Waals surface area contributed by atoms with Crippen molar-refractivity contribution in [3.8, 4) is 0 Å². The molecule has 1 aliphatic rings. The molecule has 1 saturated heterocycles. The Balaban J connectivity index is 1.82. The van der Waals surface area contributed by atoms with E-state index in [1.165, 1.54) is 24.3 Å². The molecule has 0 bridgehead atoms. The molecular weight excluding hydrogens is 297 g/mol. The van der Waals surface area contributed by atoms with Crippen molar-refractivity contribution in [2.75, 3.05) is 18.9 Å². The molecule has 1 aliphatic heterocycles. The van der Waals surface area contributed by atoms with Gasteiger partial charge in [-0.2, -0.15) is 0 Å². The molecule has 2 rings (SSSR count). The van der Waals surface area contributed by atoms with Crippen LogP contribution >= 0.6 is 0 Å². The van der Waals surface area contributed by atoms with E-state index in [4.69, 9.17) is 4.74 Å². The highest BCUT2D eigenvalue weighted by molar-refractivity contribution is 7.91. The lowest BCUT2D eigenvalue weighted by Gasteiger charge is -2.11. The molecule has 1 aromatic carbocycles. The van der Waals surface area contributed by atoms with Crippen molar-refractivity contribution in [3.05, 3.63) is 35.6 Å². The minimum atomic E-state index is -3.57. The zero-order chi connectivity index (χ0) is 15.3. The minimum absolute atomic E-state index is 0.0197. The van der Waals surface area contributed by atoms with E-state index in [0.717, 1.165) is 12.8 Å². The third-order valence-corrected chi connectivity index (χ3v) is 4.68. The molecule has 0 spiro atoms. The first kappa shape index (κ1) is 15.9. The van der Waals surface area contributed by atoms with Gasteiger partial charge in [0, 0.05) is 13.2 Å². The van der Waals surface area contributed by atoms with Gasteiger partial charge in [-0.05, 0) is 30.5 Å². The van der Waals surface area contributed by atoms with Crippen LogP contribution in [0.1, 0.15) is 18.4 Å². The average molecular weight is 315 g/mol. The predicted octanol–water partition coefficient (Wildman–Crippen LogP) is 1.04. The Morgan fingerprint density at radius 2 is 2.05 bits per heavy atom. The summed E-state index contributed by atoms with van der Waals surface area (Å²) >= 11 is 0. The highest BCUT2D eigenvalue weighted by atomic mass is 32.2. The number of carbonyl (C=O) groups excluding carboxylic acids is 1. The third-order valence-electron chi connectivity index (χ3n) is 3.20. The first-order valence-electron chi connectivity index (χ1n) is 6.78. The topological polar surface area (TPSA) is 72.5 Å². The number of nitrogens with one attached hydrogen (secondary N) is 1. The SMILES string of the molecule is O=C(CS(=O)(=O)Cc1ccc(F)cc1)NC[C@H]1CCCO1. The van der Waals surface area contributed by atoms with E-state index in [-0.39, 0.29) is 11.9 Å². The van der Waals surface area contributed by atoms with Gasteiger partial charge in [0.25, 0.3) is 0 Å². The second kappa shape index (κ2) is 7.00. The van der Waals surface area contributed by atoms with Crippen molar-refractivity contribution in [1.29, 1.82) is 0 Å². The Labute approximate surface area is 123 Å².